The molecule has 1 heterocycles. The van der Waals surface area contributed by atoms with Gasteiger partial charge in [-0.25, -0.2) is 0 Å². The molecule has 1 unspecified atom stereocenters. The normalized spacial score (nSPS) is 22.2. The van der Waals surface area contributed by atoms with E-state index in [9.17, 15) is 22.0 Å². The number of halogens is 5. The van der Waals surface area contributed by atoms with Gasteiger partial charge in [0.1, 0.15) is 6.61 Å². The Hall–Kier alpha value is -0.850. The Kier molecular flexibility index (Phi) is 4.35. The molecule has 0 spiro atoms. The highest BCUT2D eigenvalue weighted by atomic mass is 19.4. The van der Waals surface area contributed by atoms with Gasteiger partial charge >= 0.3 is 12.1 Å². The molecule has 1 aliphatic heterocycles. The molecule has 0 radical (unpaired) electrons. The highest BCUT2D eigenvalue weighted by Gasteiger charge is 2.59. The molecule has 1 rings (SSSR count). The predicted molar refractivity (Wildman–Crippen MR) is 49.7 cm³/mol. The van der Waals surface area contributed by atoms with Crippen LogP contribution in [0.2, 0.25) is 0 Å². The van der Waals surface area contributed by atoms with Crippen molar-refractivity contribution in [1.82, 2.24) is 0 Å². The van der Waals surface area contributed by atoms with Crippen LogP contribution in [0.25, 0.3) is 0 Å². The van der Waals surface area contributed by atoms with Crippen molar-refractivity contribution in [2.24, 2.45) is 0 Å². The molecule has 1 aliphatic rings. The van der Waals surface area contributed by atoms with E-state index in [-0.39, 0.29) is 12.7 Å². The van der Waals surface area contributed by atoms with Crippen LogP contribution in [0.4, 0.5) is 22.0 Å². The van der Waals surface area contributed by atoms with E-state index < -0.39 is 24.1 Å². The van der Waals surface area contributed by atoms with Crippen molar-refractivity contribution in [3.8, 4) is 0 Å². The molecule has 1 fully saturated rings. The molecule has 1 saturated heterocycles. The van der Waals surface area contributed by atoms with Crippen LogP contribution in [0.1, 0.15) is 19.8 Å². The molecule has 0 aromatic rings. The quantitative estimate of drug-likeness (QED) is 0.558. The molecule has 0 saturated carbocycles. The second kappa shape index (κ2) is 5.20. The maximum Gasteiger partial charge on any atom is 0.457 e. The second-order valence-electron chi connectivity index (χ2n) is 3.68. The fraction of sp³-hybridized carbons (Fsp3) is 0.800. The lowest BCUT2D eigenvalue weighted by Crippen LogP contribution is -2.38. The van der Waals surface area contributed by atoms with Gasteiger partial charge < -0.3 is 9.47 Å². The number of allylic oxidation sites excluding steroid dienone is 1. The molecule has 0 N–H and O–H groups in total. The van der Waals surface area contributed by atoms with E-state index in [0.717, 1.165) is 6.42 Å². The van der Waals surface area contributed by atoms with Gasteiger partial charge in [0.05, 0.1) is 12.4 Å². The fourth-order valence-electron chi connectivity index (χ4n) is 1.23. The summed E-state index contributed by atoms with van der Waals surface area (Å²) in [6, 6.07) is 0. The van der Waals surface area contributed by atoms with Gasteiger partial charge in [-0.05, 0) is 6.42 Å². The molecule has 7 heteroatoms. The third kappa shape index (κ3) is 3.31. The Morgan fingerprint density at radius 1 is 1.35 bits per heavy atom. The summed E-state index contributed by atoms with van der Waals surface area (Å²) >= 11 is 0. The first-order valence-corrected chi connectivity index (χ1v) is 5.16. The van der Waals surface area contributed by atoms with Gasteiger partial charge in [-0.1, -0.05) is 6.92 Å². The molecular formula is C10H13F5O2. The summed E-state index contributed by atoms with van der Waals surface area (Å²) in [4.78, 5) is 0. The zero-order valence-corrected chi connectivity index (χ0v) is 9.19. The van der Waals surface area contributed by atoms with E-state index in [1.807, 2.05) is 0 Å². The van der Waals surface area contributed by atoms with Crippen molar-refractivity contribution >= 4 is 0 Å². The number of rotatable bonds is 5. The Balaban J connectivity index is 2.58. The van der Waals surface area contributed by atoms with Crippen molar-refractivity contribution in [3.05, 3.63) is 11.8 Å². The summed E-state index contributed by atoms with van der Waals surface area (Å²) in [5.74, 6) is -4.85. The fourth-order valence-corrected chi connectivity index (χ4v) is 1.23. The standard InChI is InChI=1S/C10H13F5O2/c1-2-7(9(11,12)10(13,14)15)5-16-6-8-3-4-17-8/h5,8H,2-4,6H2,1H3. The van der Waals surface area contributed by atoms with E-state index in [2.05, 4.69) is 0 Å². The minimum Gasteiger partial charge on any atom is -0.498 e. The summed E-state index contributed by atoms with van der Waals surface area (Å²) in [5.41, 5.74) is -1.08. The van der Waals surface area contributed by atoms with Crippen LogP contribution < -0.4 is 0 Å². The van der Waals surface area contributed by atoms with E-state index in [1.54, 1.807) is 0 Å². The van der Waals surface area contributed by atoms with Crippen LogP contribution in [-0.4, -0.2) is 31.4 Å². The van der Waals surface area contributed by atoms with Gasteiger partial charge in [0, 0.05) is 18.6 Å². The zero-order valence-electron chi connectivity index (χ0n) is 9.19. The molecule has 0 bridgehead atoms. The summed E-state index contributed by atoms with van der Waals surface area (Å²) in [7, 11) is 0. The van der Waals surface area contributed by atoms with Crippen LogP contribution >= 0.6 is 0 Å². The maximum atomic E-state index is 12.9. The Bertz CT molecular complexity index is 281. The first-order valence-electron chi connectivity index (χ1n) is 5.16. The van der Waals surface area contributed by atoms with Crippen molar-refractivity contribution in [2.75, 3.05) is 13.2 Å². The Morgan fingerprint density at radius 3 is 2.29 bits per heavy atom. The molecular weight excluding hydrogens is 247 g/mol. The van der Waals surface area contributed by atoms with Crippen molar-refractivity contribution in [3.63, 3.8) is 0 Å². The van der Waals surface area contributed by atoms with E-state index in [0.29, 0.717) is 12.9 Å². The van der Waals surface area contributed by atoms with Gasteiger partial charge in [0.25, 0.3) is 0 Å². The lowest BCUT2D eigenvalue weighted by molar-refractivity contribution is -0.265. The predicted octanol–water partition coefficient (Wildman–Crippen LogP) is 3.28. The summed E-state index contributed by atoms with van der Waals surface area (Å²) in [5, 5.41) is 0. The molecule has 0 aromatic carbocycles. The van der Waals surface area contributed by atoms with Crippen molar-refractivity contribution in [1.29, 1.82) is 0 Å². The summed E-state index contributed by atoms with van der Waals surface area (Å²) in [6.45, 7) is 1.78. The minimum absolute atomic E-state index is 0.00254. The molecule has 1 atom stereocenters. The lowest BCUT2D eigenvalue weighted by atomic mass is 10.1. The third-order valence-electron chi connectivity index (χ3n) is 2.44. The number of alkyl halides is 5. The van der Waals surface area contributed by atoms with Gasteiger partial charge in [-0.15, -0.1) is 0 Å². The van der Waals surface area contributed by atoms with E-state index in [1.165, 1.54) is 6.92 Å². The van der Waals surface area contributed by atoms with Crippen molar-refractivity contribution < 1.29 is 31.4 Å². The van der Waals surface area contributed by atoms with Crippen LogP contribution in [-0.2, 0) is 9.47 Å². The van der Waals surface area contributed by atoms with Crippen LogP contribution in [0.3, 0.4) is 0 Å². The average Bonchev–Trinajstić information content (AvgIpc) is 2.12. The summed E-state index contributed by atoms with van der Waals surface area (Å²) in [6.07, 6.45) is -5.01. The third-order valence-corrected chi connectivity index (χ3v) is 2.44. The second-order valence-corrected chi connectivity index (χ2v) is 3.68. The lowest BCUT2D eigenvalue weighted by Gasteiger charge is -2.26. The SMILES string of the molecule is CCC(=COCC1CCO1)C(F)(F)C(F)(F)F. The Labute approximate surface area is 95.4 Å². The average molecular weight is 260 g/mol. The molecule has 2 nitrogen and oxygen atoms in total. The summed E-state index contributed by atoms with van der Waals surface area (Å²) < 4.78 is 71.7. The highest BCUT2D eigenvalue weighted by molar-refractivity contribution is 5.13. The van der Waals surface area contributed by atoms with Crippen LogP contribution in [0.5, 0.6) is 0 Å². The minimum atomic E-state index is -5.59. The molecule has 0 aromatic heterocycles. The number of hydrogen-bond acceptors (Lipinski definition) is 2. The first-order chi connectivity index (χ1) is 7.79. The van der Waals surface area contributed by atoms with E-state index >= 15 is 0 Å². The Morgan fingerprint density at radius 2 is 1.94 bits per heavy atom. The first kappa shape index (κ1) is 14.2. The number of ether oxygens (including phenoxy) is 2. The van der Waals surface area contributed by atoms with Crippen LogP contribution in [0.15, 0.2) is 11.8 Å². The molecule has 17 heavy (non-hydrogen) atoms. The van der Waals surface area contributed by atoms with Crippen LogP contribution in [0, 0.1) is 0 Å². The largest absolute Gasteiger partial charge is 0.498 e. The highest BCUT2D eigenvalue weighted by Crippen LogP contribution is 2.42. The van der Waals surface area contributed by atoms with Gasteiger partial charge in [0.15, 0.2) is 0 Å². The monoisotopic (exact) mass is 260 g/mol. The topological polar surface area (TPSA) is 18.5 Å². The van der Waals surface area contributed by atoms with Gasteiger partial charge in [-0.2, -0.15) is 22.0 Å². The molecule has 0 aliphatic carbocycles. The van der Waals surface area contributed by atoms with Gasteiger partial charge in [-0.3, -0.25) is 0 Å². The molecule has 0 amide bonds. The van der Waals surface area contributed by atoms with Gasteiger partial charge in [0.2, 0.25) is 0 Å². The van der Waals surface area contributed by atoms with E-state index in [4.69, 9.17) is 9.47 Å². The van der Waals surface area contributed by atoms with Crippen molar-refractivity contribution in [2.45, 2.75) is 38.0 Å². The smallest absolute Gasteiger partial charge is 0.457 e. The zero-order chi connectivity index (χ0) is 13.1. The maximum absolute atomic E-state index is 12.9. The number of hydrogen-bond donors (Lipinski definition) is 0. The molecule has 100 valence electrons.